The van der Waals surface area contributed by atoms with Gasteiger partial charge in [0, 0.05) is 27.3 Å². The maximum absolute atomic E-state index is 13.2. The predicted molar refractivity (Wildman–Crippen MR) is 123 cm³/mol. The number of carbonyl (C=O) groups is 2. The Labute approximate surface area is 185 Å². The second kappa shape index (κ2) is 8.94. The third-order valence-corrected chi connectivity index (χ3v) is 6.74. The molecule has 4 nitrogen and oxygen atoms in total. The number of fused-ring (bicyclic) bond motifs is 1. The van der Waals surface area contributed by atoms with Gasteiger partial charge in [-0.25, -0.2) is 0 Å². The van der Waals surface area contributed by atoms with E-state index in [2.05, 4.69) is 5.32 Å². The monoisotopic (exact) mass is 436 g/mol. The number of carbonyl (C=O) groups excluding carboxylic acids is 2. The first-order valence-electron chi connectivity index (χ1n) is 9.68. The summed E-state index contributed by atoms with van der Waals surface area (Å²) in [6.07, 6.45) is 0.326. The van der Waals surface area contributed by atoms with Gasteiger partial charge in [-0.1, -0.05) is 60.1 Å². The summed E-state index contributed by atoms with van der Waals surface area (Å²) in [6, 6.07) is 23.1. The molecule has 1 aliphatic heterocycles. The summed E-state index contributed by atoms with van der Waals surface area (Å²) < 4.78 is 0. The normalized spacial score (nSPS) is 16.0. The van der Waals surface area contributed by atoms with Gasteiger partial charge in [0.2, 0.25) is 11.8 Å². The lowest BCUT2D eigenvalue weighted by atomic mass is 10.1. The number of para-hydroxylation sites is 1. The largest absolute Gasteiger partial charge is 0.324 e. The highest BCUT2D eigenvalue weighted by atomic mass is 35.5. The number of anilines is 2. The van der Waals surface area contributed by atoms with E-state index in [4.69, 9.17) is 11.6 Å². The van der Waals surface area contributed by atoms with Crippen LogP contribution in [-0.4, -0.2) is 18.4 Å². The van der Waals surface area contributed by atoms with Crippen LogP contribution in [0.4, 0.5) is 11.4 Å². The average Bonchev–Trinajstić information content (AvgIpc) is 2.88. The highest BCUT2D eigenvalue weighted by molar-refractivity contribution is 7.99. The fourth-order valence-corrected chi connectivity index (χ4v) is 4.88. The number of amides is 2. The van der Waals surface area contributed by atoms with Crippen molar-refractivity contribution >= 4 is 46.6 Å². The molecule has 2 amide bonds. The van der Waals surface area contributed by atoms with Gasteiger partial charge in [-0.2, -0.15) is 0 Å². The van der Waals surface area contributed by atoms with Crippen LogP contribution in [-0.2, 0) is 9.59 Å². The van der Waals surface area contributed by atoms with Crippen molar-refractivity contribution in [2.45, 2.75) is 23.5 Å². The van der Waals surface area contributed by atoms with E-state index in [0.717, 1.165) is 21.7 Å². The van der Waals surface area contributed by atoms with Crippen molar-refractivity contribution in [3.05, 3.63) is 88.9 Å². The standard InChI is InChI=1S/C24H21ClN2O2S/c1-16-11-12-18(13-19(16)25)26-23(28)15-27-20-9-5-6-10-21(20)30-22(14-24(27)29)17-7-3-2-4-8-17/h2-13,22H,14-15H2,1H3,(H,26,28). The molecule has 1 unspecified atom stereocenters. The van der Waals surface area contributed by atoms with Crippen LogP contribution in [0, 0.1) is 6.92 Å². The van der Waals surface area contributed by atoms with E-state index in [1.807, 2.05) is 67.6 Å². The molecule has 0 aromatic heterocycles. The number of hydrogen-bond donors (Lipinski definition) is 1. The Balaban J connectivity index is 1.57. The van der Waals surface area contributed by atoms with E-state index in [1.54, 1.807) is 28.8 Å². The molecule has 1 aliphatic rings. The number of nitrogens with zero attached hydrogens (tertiary/aromatic N) is 1. The molecule has 0 fully saturated rings. The van der Waals surface area contributed by atoms with E-state index in [1.165, 1.54) is 0 Å². The molecular weight excluding hydrogens is 416 g/mol. The maximum Gasteiger partial charge on any atom is 0.244 e. The van der Waals surface area contributed by atoms with Crippen LogP contribution in [0.5, 0.6) is 0 Å². The summed E-state index contributed by atoms with van der Waals surface area (Å²) in [6.45, 7) is 1.85. The van der Waals surface area contributed by atoms with Crippen LogP contribution in [0.3, 0.4) is 0 Å². The van der Waals surface area contributed by atoms with Crippen LogP contribution < -0.4 is 10.2 Å². The molecule has 0 bridgehead atoms. The first-order valence-corrected chi connectivity index (χ1v) is 10.9. The van der Waals surface area contributed by atoms with Crippen molar-refractivity contribution in [1.29, 1.82) is 0 Å². The van der Waals surface area contributed by atoms with Gasteiger partial charge >= 0.3 is 0 Å². The van der Waals surface area contributed by atoms with Crippen molar-refractivity contribution in [3.8, 4) is 0 Å². The molecule has 6 heteroatoms. The molecule has 3 aromatic carbocycles. The highest BCUT2D eigenvalue weighted by Crippen LogP contribution is 2.45. The van der Waals surface area contributed by atoms with E-state index < -0.39 is 0 Å². The highest BCUT2D eigenvalue weighted by Gasteiger charge is 2.30. The second-order valence-electron chi connectivity index (χ2n) is 7.18. The van der Waals surface area contributed by atoms with Crippen molar-refractivity contribution in [3.63, 3.8) is 0 Å². The lowest BCUT2D eigenvalue weighted by Crippen LogP contribution is -2.38. The zero-order valence-corrected chi connectivity index (χ0v) is 18.0. The lowest BCUT2D eigenvalue weighted by Gasteiger charge is -2.22. The Morgan fingerprint density at radius 3 is 2.60 bits per heavy atom. The Bertz CT molecular complexity index is 1090. The van der Waals surface area contributed by atoms with Gasteiger partial charge in [-0.3, -0.25) is 9.59 Å². The van der Waals surface area contributed by atoms with E-state index >= 15 is 0 Å². The fraction of sp³-hybridized carbons (Fsp3) is 0.167. The Kier molecular flexibility index (Phi) is 6.11. The van der Waals surface area contributed by atoms with Crippen LogP contribution in [0.15, 0.2) is 77.7 Å². The summed E-state index contributed by atoms with van der Waals surface area (Å²) in [5.41, 5.74) is 3.42. The molecule has 152 valence electrons. The number of aryl methyl sites for hydroxylation is 1. The number of hydrogen-bond acceptors (Lipinski definition) is 3. The Morgan fingerprint density at radius 1 is 1.10 bits per heavy atom. The zero-order valence-electron chi connectivity index (χ0n) is 16.5. The number of nitrogens with one attached hydrogen (secondary N) is 1. The molecule has 1 atom stereocenters. The minimum Gasteiger partial charge on any atom is -0.324 e. The molecule has 0 aliphatic carbocycles. The minimum absolute atomic E-state index is 0.00353. The Morgan fingerprint density at radius 2 is 1.83 bits per heavy atom. The van der Waals surface area contributed by atoms with E-state index in [9.17, 15) is 9.59 Å². The van der Waals surface area contributed by atoms with Gasteiger partial charge in [0.1, 0.15) is 6.54 Å². The van der Waals surface area contributed by atoms with Gasteiger partial charge < -0.3 is 10.2 Å². The molecule has 0 spiro atoms. The summed E-state index contributed by atoms with van der Waals surface area (Å²) >= 11 is 7.82. The topological polar surface area (TPSA) is 49.4 Å². The first kappa shape index (κ1) is 20.5. The summed E-state index contributed by atoms with van der Waals surface area (Å²) in [5.74, 6) is -0.334. The van der Waals surface area contributed by atoms with Crippen molar-refractivity contribution in [2.75, 3.05) is 16.8 Å². The van der Waals surface area contributed by atoms with Crippen LogP contribution in [0.2, 0.25) is 5.02 Å². The predicted octanol–water partition coefficient (Wildman–Crippen LogP) is 5.86. The molecule has 1 N–H and O–H groups in total. The third-order valence-electron chi connectivity index (χ3n) is 5.02. The summed E-state index contributed by atoms with van der Waals surface area (Å²) in [5, 5.41) is 3.44. The number of halogens is 1. The van der Waals surface area contributed by atoms with E-state index in [0.29, 0.717) is 17.1 Å². The maximum atomic E-state index is 13.2. The number of rotatable bonds is 4. The molecular formula is C24H21ClN2O2S. The van der Waals surface area contributed by atoms with Gasteiger partial charge in [0.15, 0.2) is 0 Å². The van der Waals surface area contributed by atoms with Crippen LogP contribution in [0.25, 0.3) is 0 Å². The average molecular weight is 437 g/mol. The van der Waals surface area contributed by atoms with Gasteiger partial charge in [-0.15, -0.1) is 11.8 Å². The van der Waals surface area contributed by atoms with Gasteiger partial charge in [0.05, 0.1) is 5.69 Å². The molecule has 3 aromatic rings. The molecule has 0 radical (unpaired) electrons. The Hall–Kier alpha value is -2.76. The zero-order chi connectivity index (χ0) is 21.1. The van der Waals surface area contributed by atoms with Crippen LogP contribution in [0.1, 0.15) is 22.8 Å². The molecule has 0 saturated carbocycles. The molecule has 4 rings (SSSR count). The quantitative estimate of drug-likeness (QED) is 0.557. The number of thioether (sulfide) groups is 1. The smallest absolute Gasteiger partial charge is 0.244 e. The molecule has 30 heavy (non-hydrogen) atoms. The SMILES string of the molecule is Cc1ccc(NC(=O)CN2C(=O)CC(c3ccccc3)Sc3ccccc32)cc1Cl. The van der Waals surface area contributed by atoms with Gasteiger partial charge in [-0.05, 0) is 42.3 Å². The van der Waals surface area contributed by atoms with Crippen molar-refractivity contribution in [1.82, 2.24) is 0 Å². The van der Waals surface area contributed by atoms with Crippen LogP contribution >= 0.6 is 23.4 Å². The minimum atomic E-state index is -0.263. The second-order valence-corrected chi connectivity index (χ2v) is 8.83. The number of benzene rings is 3. The summed E-state index contributed by atoms with van der Waals surface area (Å²) in [7, 11) is 0. The molecule has 0 saturated heterocycles. The third kappa shape index (κ3) is 4.53. The van der Waals surface area contributed by atoms with Gasteiger partial charge in [0.25, 0.3) is 0 Å². The summed E-state index contributed by atoms with van der Waals surface area (Å²) in [4.78, 5) is 28.5. The fourth-order valence-electron chi connectivity index (χ4n) is 3.42. The first-order chi connectivity index (χ1) is 14.5. The molecule has 1 heterocycles. The van der Waals surface area contributed by atoms with Crippen molar-refractivity contribution in [2.24, 2.45) is 0 Å². The van der Waals surface area contributed by atoms with Crippen molar-refractivity contribution < 1.29 is 9.59 Å². The van der Waals surface area contributed by atoms with E-state index in [-0.39, 0.29) is 23.6 Å². The lowest BCUT2D eigenvalue weighted by molar-refractivity contribution is -0.121.